The molecule has 7 heteroatoms. The summed E-state index contributed by atoms with van der Waals surface area (Å²) in [5.41, 5.74) is 5.16. The number of hydrogen-bond donors (Lipinski definition) is 3. The molecule has 0 amide bonds. The summed E-state index contributed by atoms with van der Waals surface area (Å²) in [6.07, 6.45) is 1.80. The first-order valence-electron chi connectivity index (χ1n) is 4.56. The van der Waals surface area contributed by atoms with Gasteiger partial charge in [-0.2, -0.15) is 17.4 Å². The standard InChI is InChI=1S/C7H16N4O2S/c1-2-11(5-7(8)9)14(12,13)10-6-3-4-6/h6,10H,2-5H2,1H3,(H3,8,9). The van der Waals surface area contributed by atoms with E-state index in [4.69, 9.17) is 11.1 Å². The van der Waals surface area contributed by atoms with E-state index in [1.807, 2.05) is 0 Å². The van der Waals surface area contributed by atoms with Gasteiger partial charge in [-0.1, -0.05) is 6.92 Å². The van der Waals surface area contributed by atoms with E-state index in [2.05, 4.69) is 4.72 Å². The minimum Gasteiger partial charge on any atom is -0.387 e. The molecule has 0 aromatic heterocycles. The van der Waals surface area contributed by atoms with Crippen molar-refractivity contribution in [2.75, 3.05) is 13.1 Å². The Labute approximate surface area is 84.2 Å². The van der Waals surface area contributed by atoms with E-state index in [1.54, 1.807) is 6.92 Å². The Kier molecular flexibility index (Phi) is 3.46. The van der Waals surface area contributed by atoms with E-state index in [-0.39, 0.29) is 18.4 Å². The van der Waals surface area contributed by atoms with Gasteiger partial charge in [0.25, 0.3) is 10.2 Å². The highest BCUT2D eigenvalue weighted by molar-refractivity contribution is 7.87. The third-order valence-corrected chi connectivity index (χ3v) is 3.63. The monoisotopic (exact) mass is 220 g/mol. The summed E-state index contributed by atoms with van der Waals surface area (Å²) in [6, 6.07) is 0.0843. The zero-order valence-corrected chi connectivity index (χ0v) is 8.97. The van der Waals surface area contributed by atoms with E-state index in [0.717, 1.165) is 17.1 Å². The molecule has 0 heterocycles. The Bertz CT molecular complexity index is 310. The van der Waals surface area contributed by atoms with Gasteiger partial charge in [-0.05, 0) is 12.8 Å². The maximum Gasteiger partial charge on any atom is 0.280 e. The Hall–Kier alpha value is -0.660. The van der Waals surface area contributed by atoms with Gasteiger partial charge in [0.2, 0.25) is 0 Å². The summed E-state index contributed by atoms with van der Waals surface area (Å²) in [5, 5.41) is 7.05. The lowest BCUT2D eigenvalue weighted by atomic mass is 10.6. The van der Waals surface area contributed by atoms with Crippen molar-refractivity contribution in [1.29, 1.82) is 5.41 Å². The molecule has 14 heavy (non-hydrogen) atoms. The lowest BCUT2D eigenvalue weighted by molar-refractivity contribution is 0.454. The summed E-state index contributed by atoms with van der Waals surface area (Å²) in [6.45, 7) is 2.00. The summed E-state index contributed by atoms with van der Waals surface area (Å²) in [4.78, 5) is 0. The molecule has 4 N–H and O–H groups in total. The smallest absolute Gasteiger partial charge is 0.280 e. The van der Waals surface area contributed by atoms with Crippen molar-refractivity contribution in [3.63, 3.8) is 0 Å². The summed E-state index contributed by atoms with van der Waals surface area (Å²) in [7, 11) is -3.44. The average molecular weight is 220 g/mol. The summed E-state index contributed by atoms with van der Waals surface area (Å²) < 4.78 is 26.9. The minimum atomic E-state index is -3.44. The van der Waals surface area contributed by atoms with Crippen LogP contribution in [0.3, 0.4) is 0 Å². The number of likely N-dealkylation sites (N-methyl/N-ethyl adjacent to an activating group) is 1. The lowest BCUT2D eigenvalue weighted by Crippen LogP contribution is -2.45. The van der Waals surface area contributed by atoms with E-state index >= 15 is 0 Å². The first-order chi connectivity index (χ1) is 6.45. The van der Waals surface area contributed by atoms with E-state index < -0.39 is 10.2 Å². The van der Waals surface area contributed by atoms with Crippen LogP contribution < -0.4 is 10.5 Å². The van der Waals surface area contributed by atoms with Crippen molar-refractivity contribution < 1.29 is 8.42 Å². The Morgan fingerprint density at radius 3 is 2.57 bits per heavy atom. The Morgan fingerprint density at radius 2 is 2.21 bits per heavy atom. The van der Waals surface area contributed by atoms with Crippen LogP contribution in [0.5, 0.6) is 0 Å². The molecule has 0 atom stereocenters. The van der Waals surface area contributed by atoms with Crippen molar-refractivity contribution in [3.05, 3.63) is 0 Å². The second-order valence-corrected chi connectivity index (χ2v) is 5.05. The van der Waals surface area contributed by atoms with Gasteiger partial charge in [-0.25, -0.2) is 0 Å². The number of rotatable bonds is 6. The first-order valence-corrected chi connectivity index (χ1v) is 6.00. The van der Waals surface area contributed by atoms with Crippen molar-refractivity contribution in [2.24, 2.45) is 5.73 Å². The molecular weight excluding hydrogens is 204 g/mol. The molecule has 0 aliphatic heterocycles. The summed E-state index contributed by atoms with van der Waals surface area (Å²) >= 11 is 0. The molecule has 0 bridgehead atoms. The van der Waals surface area contributed by atoms with E-state index in [0.29, 0.717) is 6.54 Å². The predicted octanol–water partition coefficient (Wildman–Crippen LogP) is -0.759. The van der Waals surface area contributed by atoms with Gasteiger partial charge in [0, 0.05) is 12.6 Å². The number of nitrogens with one attached hydrogen (secondary N) is 2. The zero-order chi connectivity index (χ0) is 10.8. The second kappa shape index (κ2) is 4.24. The third kappa shape index (κ3) is 3.24. The minimum absolute atomic E-state index is 0.0431. The molecule has 0 saturated heterocycles. The largest absolute Gasteiger partial charge is 0.387 e. The highest BCUT2D eigenvalue weighted by atomic mass is 32.2. The third-order valence-electron chi connectivity index (χ3n) is 1.93. The molecule has 0 aromatic carbocycles. The van der Waals surface area contributed by atoms with Gasteiger partial charge < -0.3 is 5.73 Å². The van der Waals surface area contributed by atoms with Crippen molar-refractivity contribution in [2.45, 2.75) is 25.8 Å². The van der Waals surface area contributed by atoms with Crippen LogP contribution in [0.15, 0.2) is 0 Å². The molecule has 0 radical (unpaired) electrons. The number of amidine groups is 1. The normalized spacial score (nSPS) is 17.3. The number of nitrogens with zero attached hydrogens (tertiary/aromatic N) is 1. The molecule has 0 spiro atoms. The van der Waals surface area contributed by atoms with Crippen LogP contribution in [0.1, 0.15) is 19.8 Å². The van der Waals surface area contributed by atoms with Crippen LogP contribution in [0, 0.1) is 5.41 Å². The highest BCUT2D eigenvalue weighted by Crippen LogP contribution is 2.20. The molecule has 0 unspecified atom stereocenters. The molecular formula is C7H16N4O2S. The predicted molar refractivity (Wildman–Crippen MR) is 54.2 cm³/mol. The number of nitrogens with two attached hydrogens (primary N) is 1. The quantitative estimate of drug-likeness (QED) is 0.405. The van der Waals surface area contributed by atoms with Crippen molar-refractivity contribution >= 4 is 16.0 Å². The fraction of sp³-hybridized carbons (Fsp3) is 0.857. The molecule has 82 valence electrons. The molecule has 6 nitrogen and oxygen atoms in total. The van der Waals surface area contributed by atoms with Crippen LogP contribution in [-0.2, 0) is 10.2 Å². The number of hydrogen-bond acceptors (Lipinski definition) is 3. The van der Waals surface area contributed by atoms with Crippen molar-refractivity contribution in [1.82, 2.24) is 9.03 Å². The Morgan fingerprint density at radius 1 is 1.64 bits per heavy atom. The van der Waals surface area contributed by atoms with Gasteiger partial charge >= 0.3 is 0 Å². The maximum absolute atomic E-state index is 11.6. The average Bonchev–Trinajstić information content (AvgIpc) is 2.82. The molecule has 1 aliphatic carbocycles. The molecule has 1 fully saturated rings. The fourth-order valence-electron chi connectivity index (χ4n) is 1.04. The van der Waals surface area contributed by atoms with Gasteiger partial charge in [0.1, 0.15) is 5.84 Å². The summed E-state index contributed by atoms with van der Waals surface area (Å²) in [5.74, 6) is -0.145. The van der Waals surface area contributed by atoms with Gasteiger partial charge in [0.05, 0.1) is 6.54 Å². The first kappa shape index (κ1) is 11.4. The van der Waals surface area contributed by atoms with Crippen LogP contribution in [0.25, 0.3) is 0 Å². The Balaban J connectivity index is 2.60. The zero-order valence-electron chi connectivity index (χ0n) is 8.16. The lowest BCUT2D eigenvalue weighted by Gasteiger charge is -2.19. The van der Waals surface area contributed by atoms with E-state index in [9.17, 15) is 8.42 Å². The van der Waals surface area contributed by atoms with Crippen molar-refractivity contribution in [3.8, 4) is 0 Å². The van der Waals surface area contributed by atoms with Crippen LogP contribution in [0.2, 0.25) is 0 Å². The van der Waals surface area contributed by atoms with Crippen LogP contribution in [-0.4, -0.2) is 37.7 Å². The highest BCUT2D eigenvalue weighted by Gasteiger charge is 2.30. The fourth-order valence-corrected chi connectivity index (χ4v) is 2.50. The second-order valence-electron chi connectivity index (χ2n) is 3.35. The molecule has 0 aromatic rings. The molecule has 1 saturated carbocycles. The topological polar surface area (TPSA) is 99.3 Å². The molecule has 1 rings (SSSR count). The van der Waals surface area contributed by atoms with Gasteiger partial charge in [-0.15, -0.1) is 0 Å². The molecule has 1 aliphatic rings. The van der Waals surface area contributed by atoms with Gasteiger partial charge in [0.15, 0.2) is 0 Å². The van der Waals surface area contributed by atoms with Crippen LogP contribution in [0.4, 0.5) is 0 Å². The maximum atomic E-state index is 11.6. The van der Waals surface area contributed by atoms with Gasteiger partial charge in [-0.3, -0.25) is 5.41 Å². The van der Waals surface area contributed by atoms with E-state index in [1.165, 1.54) is 0 Å². The van der Waals surface area contributed by atoms with Crippen LogP contribution >= 0.6 is 0 Å². The SMILES string of the molecule is CCN(CC(=N)N)S(=O)(=O)NC1CC1.